The van der Waals surface area contributed by atoms with E-state index in [1.807, 2.05) is 51.1 Å². The zero-order valence-corrected chi connectivity index (χ0v) is 22.8. The van der Waals surface area contributed by atoms with Crippen molar-refractivity contribution >= 4 is 27.5 Å². The first-order chi connectivity index (χ1) is 17.7. The number of nitrogens with zero attached hydrogens (tertiary/aromatic N) is 2. The second kappa shape index (κ2) is 12.8. The molecule has 2 aromatic rings. The van der Waals surface area contributed by atoms with E-state index in [9.17, 15) is 18.0 Å². The highest BCUT2D eigenvalue weighted by Gasteiger charge is 2.32. The summed E-state index contributed by atoms with van der Waals surface area (Å²) in [5, 5.41) is 2.93. The van der Waals surface area contributed by atoms with E-state index in [1.165, 1.54) is 11.8 Å². The van der Waals surface area contributed by atoms with E-state index in [2.05, 4.69) is 5.32 Å². The van der Waals surface area contributed by atoms with Crippen molar-refractivity contribution in [1.29, 1.82) is 0 Å². The van der Waals surface area contributed by atoms with Crippen molar-refractivity contribution in [3.05, 3.63) is 54.1 Å². The summed E-state index contributed by atoms with van der Waals surface area (Å²) in [4.78, 5) is 28.4. The number of hydrogen-bond acceptors (Lipinski definition) is 6. The number of anilines is 1. The van der Waals surface area contributed by atoms with E-state index >= 15 is 0 Å². The van der Waals surface area contributed by atoms with Crippen molar-refractivity contribution in [1.82, 2.24) is 10.2 Å². The van der Waals surface area contributed by atoms with E-state index in [0.717, 1.165) is 9.87 Å². The Morgan fingerprint density at radius 1 is 1.03 bits per heavy atom. The Labute approximate surface area is 219 Å². The van der Waals surface area contributed by atoms with E-state index in [1.54, 1.807) is 18.2 Å². The summed E-state index contributed by atoms with van der Waals surface area (Å²) in [6, 6.07) is 13.7. The molecular formula is C27H37N3O6S. The lowest BCUT2D eigenvalue weighted by atomic mass is 10.1. The molecule has 37 heavy (non-hydrogen) atoms. The Hall–Kier alpha value is -3.27. The predicted molar refractivity (Wildman–Crippen MR) is 143 cm³/mol. The first-order valence-corrected chi connectivity index (χ1v) is 14.3. The van der Waals surface area contributed by atoms with Crippen molar-refractivity contribution in [3.8, 4) is 11.5 Å². The molecular weight excluding hydrogens is 494 g/mol. The predicted octanol–water partition coefficient (Wildman–Crippen LogP) is 3.19. The van der Waals surface area contributed by atoms with Crippen LogP contribution in [0.15, 0.2) is 48.5 Å². The molecule has 1 N–H and O–H groups in total. The molecule has 0 aromatic heterocycles. The lowest BCUT2D eigenvalue weighted by molar-refractivity contribution is -0.139. The van der Waals surface area contributed by atoms with Gasteiger partial charge in [-0.25, -0.2) is 8.42 Å². The fourth-order valence-electron chi connectivity index (χ4n) is 4.08. The maximum atomic E-state index is 13.8. The molecule has 0 radical (unpaired) electrons. The third-order valence-electron chi connectivity index (χ3n) is 6.18. The van der Waals surface area contributed by atoms with Crippen LogP contribution in [0.1, 0.15) is 39.7 Å². The molecule has 1 aliphatic heterocycles. The van der Waals surface area contributed by atoms with Gasteiger partial charge in [-0.3, -0.25) is 13.9 Å². The smallest absolute Gasteiger partial charge is 0.244 e. The molecule has 10 heteroatoms. The molecule has 0 saturated heterocycles. The number of ether oxygens (including phenoxy) is 2. The van der Waals surface area contributed by atoms with Crippen LogP contribution in [0, 0.1) is 5.92 Å². The summed E-state index contributed by atoms with van der Waals surface area (Å²) in [6.07, 6.45) is 0.931. The van der Waals surface area contributed by atoms with Gasteiger partial charge in [-0.15, -0.1) is 0 Å². The molecule has 1 heterocycles. The summed E-state index contributed by atoms with van der Waals surface area (Å²) < 4.78 is 38.0. The summed E-state index contributed by atoms with van der Waals surface area (Å²) in [6.45, 7) is 7.76. The third-order valence-corrected chi connectivity index (χ3v) is 7.92. The van der Waals surface area contributed by atoms with Crippen LogP contribution in [-0.4, -0.2) is 63.4 Å². The number of carbonyl (C=O) groups excluding carboxylic acids is 2. The SMILES string of the molecule is CC[C@@H](C(=O)NCC(C)C)N(CCc1ccccc1)C(=O)CN(c1ccc2c(c1)OCO2)S(=O)(=O)CC. The lowest BCUT2D eigenvalue weighted by Crippen LogP contribution is -2.53. The van der Waals surface area contributed by atoms with Gasteiger partial charge < -0.3 is 19.7 Å². The first-order valence-electron chi connectivity index (χ1n) is 12.7. The highest BCUT2D eigenvalue weighted by molar-refractivity contribution is 7.92. The molecule has 0 fully saturated rings. The molecule has 0 aliphatic carbocycles. The lowest BCUT2D eigenvalue weighted by Gasteiger charge is -2.33. The zero-order chi connectivity index (χ0) is 27.0. The summed E-state index contributed by atoms with van der Waals surface area (Å²) in [7, 11) is -3.81. The summed E-state index contributed by atoms with van der Waals surface area (Å²) in [5.41, 5.74) is 1.33. The highest BCUT2D eigenvalue weighted by Crippen LogP contribution is 2.36. The number of sulfonamides is 1. The number of fused-ring (bicyclic) bond motifs is 1. The summed E-state index contributed by atoms with van der Waals surface area (Å²) in [5.74, 6) is 0.307. The molecule has 0 unspecified atom stereocenters. The standard InChI is InChI=1S/C27H37N3O6S/c1-5-23(27(32)28-17-20(3)4)29(15-14-21-10-8-7-9-11-21)26(31)18-30(37(33,34)6-2)22-12-13-24-25(16-22)36-19-35-24/h7-13,16,20,23H,5-6,14-15,17-19H2,1-4H3,(H,28,32)/t23-/m0/s1. The van der Waals surface area contributed by atoms with Crippen LogP contribution < -0.4 is 19.1 Å². The fourth-order valence-corrected chi connectivity index (χ4v) is 5.13. The number of nitrogens with one attached hydrogen (secondary N) is 1. The van der Waals surface area contributed by atoms with E-state index in [-0.39, 0.29) is 30.9 Å². The molecule has 0 saturated carbocycles. The topological polar surface area (TPSA) is 105 Å². The number of benzene rings is 2. The average Bonchev–Trinajstić information content (AvgIpc) is 3.36. The van der Waals surface area contributed by atoms with Gasteiger partial charge in [-0.05, 0) is 43.4 Å². The van der Waals surface area contributed by atoms with Crippen LogP contribution in [-0.2, 0) is 26.0 Å². The zero-order valence-electron chi connectivity index (χ0n) is 22.0. The Morgan fingerprint density at radius 2 is 1.73 bits per heavy atom. The van der Waals surface area contributed by atoms with Crippen molar-refractivity contribution in [2.75, 3.05) is 36.5 Å². The van der Waals surface area contributed by atoms with Crippen LogP contribution in [0.25, 0.3) is 0 Å². The van der Waals surface area contributed by atoms with Gasteiger partial charge in [0.25, 0.3) is 0 Å². The van der Waals surface area contributed by atoms with Crippen LogP contribution >= 0.6 is 0 Å². The van der Waals surface area contributed by atoms with Gasteiger partial charge in [0.2, 0.25) is 28.6 Å². The summed E-state index contributed by atoms with van der Waals surface area (Å²) >= 11 is 0. The molecule has 1 aliphatic rings. The molecule has 2 aromatic carbocycles. The van der Waals surface area contributed by atoms with E-state index in [4.69, 9.17) is 9.47 Å². The molecule has 3 rings (SSSR count). The number of rotatable bonds is 13. The van der Waals surface area contributed by atoms with Crippen LogP contribution in [0.5, 0.6) is 11.5 Å². The largest absolute Gasteiger partial charge is 0.454 e. The van der Waals surface area contributed by atoms with Crippen molar-refractivity contribution in [2.45, 2.75) is 46.6 Å². The maximum absolute atomic E-state index is 13.8. The van der Waals surface area contributed by atoms with Gasteiger partial charge in [-0.1, -0.05) is 51.1 Å². The molecule has 0 spiro atoms. The molecule has 0 bridgehead atoms. The highest BCUT2D eigenvalue weighted by atomic mass is 32.2. The van der Waals surface area contributed by atoms with E-state index < -0.39 is 28.5 Å². The van der Waals surface area contributed by atoms with Gasteiger partial charge in [0, 0.05) is 19.2 Å². The van der Waals surface area contributed by atoms with Gasteiger partial charge in [0.15, 0.2) is 11.5 Å². The van der Waals surface area contributed by atoms with E-state index in [0.29, 0.717) is 36.6 Å². The normalized spacial score (nSPS) is 13.3. The second-order valence-electron chi connectivity index (χ2n) is 9.33. The molecule has 1 atom stereocenters. The Morgan fingerprint density at radius 3 is 2.38 bits per heavy atom. The first kappa shape index (κ1) is 28.3. The Kier molecular flexibility index (Phi) is 9.79. The van der Waals surface area contributed by atoms with Crippen molar-refractivity contribution < 1.29 is 27.5 Å². The molecule has 2 amide bonds. The van der Waals surface area contributed by atoms with Crippen LogP contribution in [0.4, 0.5) is 5.69 Å². The average molecular weight is 532 g/mol. The van der Waals surface area contributed by atoms with Gasteiger partial charge in [0.05, 0.1) is 11.4 Å². The fraction of sp³-hybridized carbons (Fsp3) is 0.481. The number of amides is 2. The third kappa shape index (κ3) is 7.38. The Balaban J connectivity index is 1.90. The van der Waals surface area contributed by atoms with Crippen LogP contribution in [0.2, 0.25) is 0 Å². The molecule has 9 nitrogen and oxygen atoms in total. The quantitative estimate of drug-likeness (QED) is 0.426. The van der Waals surface area contributed by atoms with Crippen molar-refractivity contribution in [3.63, 3.8) is 0 Å². The second-order valence-corrected chi connectivity index (χ2v) is 11.5. The van der Waals surface area contributed by atoms with Gasteiger partial charge in [-0.2, -0.15) is 0 Å². The minimum atomic E-state index is -3.81. The maximum Gasteiger partial charge on any atom is 0.244 e. The minimum Gasteiger partial charge on any atom is -0.454 e. The molecule has 202 valence electrons. The van der Waals surface area contributed by atoms with Gasteiger partial charge in [0.1, 0.15) is 12.6 Å². The monoisotopic (exact) mass is 531 g/mol. The van der Waals surface area contributed by atoms with Gasteiger partial charge >= 0.3 is 0 Å². The van der Waals surface area contributed by atoms with Crippen molar-refractivity contribution in [2.24, 2.45) is 5.92 Å². The van der Waals surface area contributed by atoms with Crippen LogP contribution in [0.3, 0.4) is 0 Å². The Bertz CT molecular complexity index is 1170. The number of carbonyl (C=O) groups is 2. The number of hydrogen-bond donors (Lipinski definition) is 1. The minimum absolute atomic E-state index is 0.0508.